The van der Waals surface area contributed by atoms with Crippen LogP contribution in [0, 0.1) is 13.7 Å². The molecule has 1 aliphatic rings. The Morgan fingerprint density at radius 1 is 1.56 bits per heavy atom. The van der Waals surface area contributed by atoms with Crippen LogP contribution >= 0.6 is 0 Å². The SMILES string of the molecule is [2H]C1(COc2cc(C([2H])([2H])[2H])cc(C([2H])([2H])[2H])c2)CNC(=O)O1. The van der Waals surface area contributed by atoms with E-state index in [9.17, 15) is 4.79 Å². The summed E-state index contributed by atoms with van der Waals surface area (Å²) in [5, 5.41) is 2.31. The Morgan fingerprint density at radius 2 is 2.31 bits per heavy atom. The van der Waals surface area contributed by atoms with Gasteiger partial charge in [-0.05, 0) is 37.0 Å². The van der Waals surface area contributed by atoms with Crippen LogP contribution in [-0.4, -0.2) is 25.3 Å². The van der Waals surface area contributed by atoms with Gasteiger partial charge in [0.25, 0.3) is 0 Å². The summed E-state index contributed by atoms with van der Waals surface area (Å²) in [6, 6.07) is 3.46. The van der Waals surface area contributed by atoms with Gasteiger partial charge in [0, 0.05) is 8.22 Å². The molecule has 1 heterocycles. The molecule has 1 amide bonds. The highest BCUT2D eigenvalue weighted by atomic mass is 16.6. The van der Waals surface area contributed by atoms with E-state index in [-0.39, 0.29) is 30.0 Å². The average molecular weight is 228 g/mol. The quantitative estimate of drug-likeness (QED) is 0.858. The first-order valence-corrected chi connectivity index (χ1v) is 4.65. The first kappa shape index (κ1) is 5.08. The standard InChI is InChI=1S/C12H15NO3/c1-8-3-9(2)5-10(4-8)15-7-11-6-13-12(14)16-11/h3-5,11H,6-7H2,1-2H3,(H,13,14)/i1D3,2D3,11D. The fourth-order valence-corrected chi connectivity index (χ4v) is 1.30. The Balaban J connectivity index is 2.25. The number of cyclic esters (lactones) is 1. The molecule has 1 saturated heterocycles. The molecule has 16 heavy (non-hydrogen) atoms. The lowest BCUT2D eigenvalue weighted by Crippen LogP contribution is -2.21. The van der Waals surface area contributed by atoms with E-state index < -0.39 is 25.9 Å². The third kappa shape index (κ3) is 2.66. The van der Waals surface area contributed by atoms with E-state index in [0.717, 1.165) is 6.07 Å². The van der Waals surface area contributed by atoms with Gasteiger partial charge in [0.15, 0.2) is 6.08 Å². The molecule has 0 aliphatic carbocycles. The summed E-state index contributed by atoms with van der Waals surface area (Å²) in [5.41, 5.74) is -0.358. The molecule has 0 saturated carbocycles. The Hall–Kier alpha value is -1.71. The first-order valence-electron chi connectivity index (χ1n) is 8.15. The minimum Gasteiger partial charge on any atom is -0.490 e. The Kier molecular flexibility index (Phi) is 1.41. The van der Waals surface area contributed by atoms with E-state index in [4.69, 9.17) is 19.1 Å². The second-order valence-electron chi connectivity index (χ2n) is 3.32. The fraction of sp³-hybridized carbons (Fsp3) is 0.417. The number of rotatable bonds is 3. The van der Waals surface area contributed by atoms with Crippen molar-refractivity contribution in [2.45, 2.75) is 19.8 Å². The third-order valence-electron chi connectivity index (χ3n) is 1.97. The van der Waals surface area contributed by atoms with Crippen LogP contribution in [0.1, 0.15) is 20.7 Å². The lowest BCUT2D eigenvalue weighted by Gasteiger charge is -2.11. The van der Waals surface area contributed by atoms with E-state index >= 15 is 0 Å². The van der Waals surface area contributed by atoms with Crippen LogP contribution in [0.5, 0.6) is 5.75 Å². The van der Waals surface area contributed by atoms with Crippen molar-refractivity contribution in [1.29, 1.82) is 0 Å². The Labute approximate surface area is 104 Å². The number of ether oxygens (including phenoxy) is 2. The van der Waals surface area contributed by atoms with E-state index in [2.05, 4.69) is 5.32 Å². The number of benzene rings is 1. The molecule has 1 fully saturated rings. The highest BCUT2D eigenvalue weighted by molar-refractivity contribution is 5.69. The van der Waals surface area contributed by atoms with Gasteiger partial charge < -0.3 is 14.8 Å². The van der Waals surface area contributed by atoms with Crippen LogP contribution in [0.15, 0.2) is 18.2 Å². The predicted octanol–water partition coefficient (Wildman–Crippen LogP) is 1.79. The largest absolute Gasteiger partial charge is 0.490 e. The maximum Gasteiger partial charge on any atom is 0.407 e. The van der Waals surface area contributed by atoms with E-state index in [1.807, 2.05) is 0 Å². The number of carbonyl (C=O) groups is 1. The molecular weight excluding hydrogens is 206 g/mol. The van der Waals surface area contributed by atoms with Crippen LogP contribution in [0.4, 0.5) is 4.79 Å². The van der Waals surface area contributed by atoms with Gasteiger partial charge in [-0.25, -0.2) is 4.79 Å². The van der Waals surface area contributed by atoms with Gasteiger partial charge in [0.1, 0.15) is 12.4 Å². The fourth-order valence-electron chi connectivity index (χ4n) is 1.30. The molecule has 0 aromatic heterocycles. The van der Waals surface area contributed by atoms with Crippen molar-refractivity contribution in [1.82, 2.24) is 5.32 Å². The number of carbonyl (C=O) groups excluding carboxylic acids is 1. The van der Waals surface area contributed by atoms with Gasteiger partial charge in [0.05, 0.1) is 7.92 Å². The molecular formula is C12H15NO3. The summed E-state index contributed by atoms with van der Waals surface area (Å²) in [6.07, 6.45) is -2.39. The number of hydrogen-bond acceptors (Lipinski definition) is 3. The number of aryl methyl sites for hydroxylation is 2. The van der Waals surface area contributed by atoms with Gasteiger partial charge in [-0.1, -0.05) is 6.07 Å². The molecule has 1 aliphatic heterocycles. The highest BCUT2D eigenvalue weighted by Gasteiger charge is 2.22. The minimum absolute atomic E-state index is 0.0145. The van der Waals surface area contributed by atoms with Gasteiger partial charge >= 0.3 is 6.09 Å². The monoisotopic (exact) mass is 228 g/mol. The van der Waals surface area contributed by atoms with Crippen LogP contribution in [-0.2, 0) is 4.74 Å². The molecule has 1 unspecified atom stereocenters. The van der Waals surface area contributed by atoms with Gasteiger partial charge in [0.2, 0.25) is 0 Å². The number of amides is 1. The summed E-state index contributed by atoms with van der Waals surface area (Å²) in [7, 11) is 0. The smallest absolute Gasteiger partial charge is 0.407 e. The maximum absolute atomic E-state index is 11.0. The topological polar surface area (TPSA) is 47.6 Å². The molecule has 0 bridgehead atoms. The summed E-state index contributed by atoms with van der Waals surface area (Å²) in [4.78, 5) is 11.0. The number of hydrogen-bond donors (Lipinski definition) is 1. The zero-order valence-electron chi connectivity index (χ0n) is 15.4. The van der Waals surface area contributed by atoms with Crippen molar-refractivity contribution in [2.75, 3.05) is 13.2 Å². The highest BCUT2D eigenvalue weighted by Crippen LogP contribution is 2.16. The zero-order chi connectivity index (χ0) is 17.5. The number of nitrogens with one attached hydrogen (secondary N) is 1. The van der Waals surface area contributed by atoms with Gasteiger partial charge in [-0.3, -0.25) is 0 Å². The zero-order valence-corrected chi connectivity index (χ0v) is 8.37. The molecule has 1 aromatic rings. The van der Waals surface area contributed by atoms with Crippen molar-refractivity contribution in [2.24, 2.45) is 0 Å². The summed E-state index contributed by atoms with van der Waals surface area (Å²) < 4.78 is 62.4. The molecule has 1 N–H and O–H groups in total. The number of alkyl carbamates (subject to hydrolysis) is 1. The van der Waals surface area contributed by atoms with E-state index in [1.54, 1.807) is 0 Å². The first-order chi connectivity index (χ1) is 10.4. The van der Waals surface area contributed by atoms with Gasteiger partial charge in [-0.15, -0.1) is 0 Å². The molecule has 0 radical (unpaired) electrons. The maximum atomic E-state index is 11.0. The molecule has 0 spiro atoms. The second-order valence-corrected chi connectivity index (χ2v) is 3.32. The Bertz CT molecular complexity index is 581. The van der Waals surface area contributed by atoms with E-state index in [0.29, 0.717) is 0 Å². The minimum atomic E-state index is -2.50. The van der Waals surface area contributed by atoms with Crippen LogP contribution in [0.25, 0.3) is 0 Å². The van der Waals surface area contributed by atoms with Crippen LogP contribution in [0.2, 0.25) is 0 Å². The van der Waals surface area contributed by atoms with Crippen LogP contribution < -0.4 is 10.1 Å². The van der Waals surface area contributed by atoms with Gasteiger partial charge in [-0.2, -0.15) is 0 Å². The molecule has 1 atom stereocenters. The van der Waals surface area contributed by atoms with Crippen molar-refractivity contribution >= 4 is 6.09 Å². The van der Waals surface area contributed by atoms with Crippen molar-refractivity contribution in [3.05, 3.63) is 29.3 Å². The predicted molar refractivity (Wildman–Crippen MR) is 59.7 cm³/mol. The molecule has 1 aromatic carbocycles. The lowest BCUT2D eigenvalue weighted by molar-refractivity contribution is 0.105. The molecule has 4 heteroatoms. The second kappa shape index (κ2) is 4.43. The summed E-state index contributed by atoms with van der Waals surface area (Å²) >= 11 is 0. The molecule has 4 nitrogen and oxygen atoms in total. The normalized spacial score (nSPS) is 31.8. The van der Waals surface area contributed by atoms with Crippen molar-refractivity contribution in [3.8, 4) is 5.75 Å². The molecule has 2 rings (SSSR count). The summed E-state index contributed by atoms with van der Waals surface area (Å²) in [5.74, 6) is -0.0145. The van der Waals surface area contributed by atoms with Crippen molar-refractivity contribution < 1.29 is 23.9 Å². The van der Waals surface area contributed by atoms with Crippen molar-refractivity contribution in [3.63, 3.8) is 0 Å². The van der Waals surface area contributed by atoms with Crippen LogP contribution in [0.3, 0.4) is 0 Å². The summed E-state index contributed by atoms with van der Waals surface area (Å²) in [6.45, 7) is -5.45. The van der Waals surface area contributed by atoms with E-state index in [1.165, 1.54) is 12.1 Å². The third-order valence-corrected chi connectivity index (χ3v) is 1.97. The Morgan fingerprint density at radius 3 is 2.88 bits per heavy atom. The average Bonchev–Trinajstić information content (AvgIpc) is 2.74. The molecule has 86 valence electrons. The lowest BCUT2D eigenvalue weighted by atomic mass is 10.1.